The molecule has 1 amide bonds. The molecule has 0 spiro atoms. The van der Waals surface area contributed by atoms with E-state index in [0.29, 0.717) is 9.13 Å². The van der Waals surface area contributed by atoms with Gasteiger partial charge >= 0.3 is 6.18 Å². The van der Waals surface area contributed by atoms with Gasteiger partial charge in [0.15, 0.2) is 6.61 Å². The second-order valence-corrected chi connectivity index (χ2v) is 6.44. The number of alkyl halides is 3. The SMILES string of the molecule is Cc1ccc(NC(=O)c2cc([N+](=O)[O-])ccc2I)c(OCC(F)(F)F)c1. The lowest BCUT2D eigenvalue weighted by atomic mass is 10.1. The van der Waals surface area contributed by atoms with Gasteiger partial charge in [-0.1, -0.05) is 6.07 Å². The van der Waals surface area contributed by atoms with Crippen molar-refractivity contribution in [3.8, 4) is 5.75 Å². The predicted octanol–water partition coefficient (Wildman–Crippen LogP) is 4.70. The largest absolute Gasteiger partial charge is 0.482 e. The predicted molar refractivity (Wildman–Crippen MR) is 96.5 cm³/mol. The van der Waals surface area contributed by atoms with E-state index < -0.39 is 23.6 Å². The van der Waals surface area contributed by atoms with Crippen LogP contribution in [0.5, 0.6) is 5.75 Å². The monoisotopic (exact) mass is 480 g/mol. The number of ether oxygens (including phenoxy) is 1. The van der Waals surface area contributed by atoms with Crippen molar-refractivity contribution in [3.63, 3.8) is 0 Å². The first-order valence-electron chi connectivity index (χ1n) is 7.12. The highest BCUT2D eigenvalue weighted by Gasteiger charge is 2.29. The minimum absolute atomic E-state index is 0.0298. The van der Waals surface area contributed by atoms with Crippen LogP contribution in [0.3, 0.4) is 0 Å². The minimum atomic E-state index is -4.53. The highest BCUT2D eigenvalue weighted by atomic mass is 127. The Morgan fingerprint density at radius 2 is 1.96 bits per heavy atom. The number of nitro groups is 1. The quantitative estimate of drug-likeness (QED) is 0.382. The summed E-state index contributed by atoms with van der Waals surface area (Å²) in [5.41, 5.74) is 0.437. The molecule has 0 atom stereocenters. The van der Waals surface area contributed by atoms with Gasteiger partial charge in [0.25, 0.3) is 11.6 Å². The van der Waals surface area contributed by atoms with E-state index in [9.17, 15) is 28.1 Å². The number of hydrogen-bond acceptors (Lipinski definition) is 4. The van der Waals surface area contributed by atoms with Gasteiger partial charge in [-0.15, -0.1) is 0 Å². The smallest absolute Gasteiger partial charge is 0.422 e. The molecule has 0 aliphatic heterocycles. The van der Waals surface area contributed by atoms with Crippen LogP contribution in [0, 0.1) is 20.6 Å². The first-order valence-corrected chi connectivity index (χ1v) is 8.20. The first kappa shape index (κ1) is 19.9. The molecule has 0 fully saturated rings. The molecule has 26 heavy (non-hydrogen) atoms. The van der Waals surface area contributed by atoms with E-state index in [2.05, 4.69) is 5.32 Å². The van der Waals surface area contributed by atoms with Crippen LogP contribution in [-0.2, 0) is 0 Å². The highest BCUT2D eigenvalue weighted by Crippen LogP contribution is 2.29. The molecule has 0 saturated heterocycles. The van der Waals surface area contributed by atoms with E-state index in [1.54, 1.807) is 13.0 Å². The molecule has 10 heteroatoms. The molecule has 0 unspecified atom stereocenters. The van der Waals surface area contributed by atoms with Crippen LogP contribution in [0.4, 0.5) is 24.5 Å². The van der Waals surface area contributed by atoms with E-state index in [-0.39, 0.29) is 22.7 Å². The maximum absolute atomic E-state index is 12.4. The van der Waals surface area contributed by atoms with E-state index in [1.807, 2.05) is 22.6 Å². The number of hydrogen-bond donors (Lipinski definition) is 1. The van der Waals surface area contributed by atoms with Crippen molar-refractivity contribution in [2.45, 2.75) is 13.1 Å². The molecule has 0 bridgehead atoms. The van der Waals surface area contributed by atoms with Gasteiger partial charge in [-0.05, 0) is 53.3 Å². The Balaban J connectivity index is 2.29. The van der Waals surface area contributed by atoms with Gasteiger partial charge in [0.2, 0.25) is 0 Å². The van der Waals surface area contributed by atoms with Crippen molar-refractivity contribution < 1.29 is 27.6 Å². The number of aryl methyl sites for hydroxylation is 1. The van der Waals surface area contributed by atoms with E-state index >= 15 is 0 Å². The topological polar surface area (TPSA) is 81.5 Å². The van der Waals surface area contributed by atoms with Gasteiger partial charge in [-0.2, -0.15) is 13.2 Å². The number of non-ortho nitro benzene ring substituents is 1. The third-order valence-electron chi connectivity index (χ3n) is 3.18. The third kappa shape index (κ3) is 5.31. The molecule has 0 aliphatic rings. The fraction of sp³-hybridized carbons (Fsp3) is 0.188. The summed E-state index contributed by atoms with van der Waals surface area (Å²) in [7, 11) is 0. The lowest BCUT2D eigenvalue weighted by Gasteiger charge is -2.15. The lowest BCUT2D eigenvalue weighted by Crippen LogP contribution is -2.20. The molecule has 2 rings (SSSR count). The van der Waals surface area contributed by atoms with Crippen molar-refractivity contribution in [1.82, 2.24) is 0 Å². The number of nitrogens with zero attached hydrogens (tertiary/aromatic N) is 1. The van der Waals surface area contributed by atoms with Gasteiger partial charge < -0.3 is 10.1 Å². The van der Waals surface area contributed by atoms with Crippen LogP contribution in [0.2, 0.25) is 0 Å². The Kier molecular flexibility index (Phi) is 6.05. The Labute approximate surface area is 159 Å². The summed E-state index contributed by atoms with van der Waals surface area (Å²) in [5, 5.41) is 13.3. The molecular weight excluding hydrogens is 468 g/mol. The fourth-order valence-electron chi connectivity index (χ4n) is 2.00. The van der Waals surface area contributed by atoms with Crippen molar-refractivity contribution >= 4 is 39.9 Å². The maximum atomic E-state index is 12.4. The van der Waals surface area contributed by atoms with Crippen LogP contribution in [0.25, 0.3) is 0 Å². The second-order valence-electron chi connectivity index (χ2n) is 5.28. The normalized spacial score (nSPS) is 11.1. The van der Waals surface area contributed by atoms with Gasteiger partial charge in [-0.3, -0.25) is 14.9 Å². The highest BCUT2D eigenvalue weighted by molar-refractivity contribution is 14.1. The maximum Gasteiger partial charge on any atom is 0.422 e. The molecule has 0 radical (unpaired) electrons. The van der Waals surface area contributed by atoms with Gasteiger partial charge in [0.05, 0.1) is 16.2 Å². The number of nitro benzene ring substituents is 1. The molecule has 138 valence electrons. The van der Waals surface area contributed by atoms with Crippen molar-refractivity contribution in [2.24, 2.45) is 0 Å². The minimum Gasteiger partial charge on any atom is -0.482 e. The van der Waals surface area contributed by atoms with Crippen molar-refractivity contribution in [1.29, 1.82) is 0 Å². The average Bonchev–Trinajstić information content (AvgIpc) is 2.54. The second kappa shape index (κ2) is 7.89. The Morgan fingerprint density at radius 3 is 2.58 bits per heavy atom. The number of halogens is 4. The molecule has 6 nitrogen and oxygen atoms in total. The van der Waals surface area contributed by atoms with Gasteiger partial charge in [-0.25, -0.2) is 0 Å². The van der Waals surface area contributed by atoms with E-state index in [4.69, 9.17) is 4.74 Å². The van der Waals surface area contributed by atoms with Crippen LogP contribution >= 0.6 is 22.6 Å². The van der Waals surface area contributed by atoms with Crippen LogP contribution in [0.15, 0.2) is 36.4 Å². The molecule has 0 saturated carbocycles. The lowest BCUT2D eigenvalue weighted by molar-refractivity contribution is -0.384. The molecule has 0 aliphatic carbocycles. The number of amides is 1. The molecule has 0 heterocycles. The van der Waals surface area contributed by atoms with Crippen molar-refractivity contribution in [3.05, 3.63) is 61.2 Å². The summed E-state index contributed by atoms with van der Waals surface area (Å²) < 4.78 is 42.4. The molecule has 1 N–H and O–H groups in total. The van der Waals surface area contributed by atoms with E-state index in [0.717, 1.165) is 6.07 Å². The summed E-state index contributed by atoms with van der Waals surface area (Å²) >= 11 is 1.84. The zero-order valence-electron chi connectivity index (χ0n) is 13.3. The standard InChI is InChI=1S/C16H12F3IN2O4/c1-9-2-5-13(14(6-9)26-8-16(17,18)19)21-15(23)11-7-10(22(24)25)3-4-12(11)20/h2-7H,8H2,1H3,(H,21,23). The number of carbonyl (C=O) groups excluding carboxylic acids is 1. The number of anilines is 1. The molecular formula is C16H12F3IN2O4. The number of nitrogens with one attached hydrogen (secondary N) is 1. The van der Waals surface area contributed by atoms with Gasteiger partial charge in [0, 0.05) is 15.7 Å². The van der Waals surface area contributed by atoms with Crippen molar-refractivity contribution in [2.75, 3.05) is 11.9 Å². The van der Waals surface area contributed by atoms with Crippen LogP contribution < -0.4 is 10.1 Å². The summed E-state index contributed by atoms with van der Waals surface area (Å²) in [4.78, 5) is 22.7. The van der Waals surface area contributed by atoms with Crippen LogP contribution in [0.1, 0.15) is 15.9 Å². The average molecular weight is 480 g/mol. The van der Waals surface area contributed by atoms with Crippen LogP contribution in [-0.4, -0.2) is 23.6 Å². The number of carbonyl (C=O) groups is 1. The Hall–Kier alpha value is -2.37. The summed E-state index contributed by atoms with van der Waals surface area (Å²) in [6.07, 6.45) is -4.53. The zero-order valence-corrected chi connectivity index (χ0v) is 15.4. The summed E-state index contributed by atoms with van der Waals surface area (Å²) in [6, 6.07) is 8.12. The Bertz CT molecular complexity index is 856. The fourth-order valence-corrected chi connectivity index (χ4v) is 2.58. The molecule has 0 aromatic heterocycles. The number of rotatable bonds is 5. The van der Waals surface area contributed by atoms with E-state index in [1.165, 1.54) is 24.3 Å². The Morgan fingerprint density at radius 1 is 1.27 bits per heavy atom. The number of benzene rings is 2. The molecule has 2 aromatic carbocycles. The van der Waals surface area contributed by atoms with Gasteiger partial charge in [0.1, 0.15) is 5.75 Å². The zero-order chi connectivity index (χ0) is 19.5. The first-order chi connectivity index (χ1) is 12.1. The summed E-state index contributed by atoms with van der Waals surface area (Å²) in [5.74, 6) is -0.838. The third-order valence-corrected chi connectivity index (χ3v) is 4.12. The molecule has 2 aromatic rings. The summed E-state index contributed by atoms with van der Waals surface area (Å²) in [6.45, 7) is 0.156.